The summed E-state index contributed by atoms with van der Waals surface area (Å²) in [5.74, 6) is -1.44. The third-order valence-electron chi connectivity index (χ3n) is 2.93. The molecule has 0 saturated heterocycles. The number of rotatable bonds is 7. The molecule has 6 nitrogen and oxygen atoms in total. The number of aliphatic carboxylic acids is 1. The first-order valence-corrected chi connectivity index (χ1v) is 7.16. The molecule has 0 saturated carbocycles. The Morgan fingerprint density at radius 2 is 2.15 bits per heavy atom. The minimum absolute atomic E-state index is 0.337. The number of aromatic nitrogens is 1. The average molecular weight is 300 g/mol. The van der Waals surface area contributed by atoms with Crippen LogP contribution in [-0.2, 0) is 16.1 Å². The molecule has 1 unspecified atom stereocenters. The quantitative estimate of drug-likeness (QED) is 0.803. The van der Waals surface area contributed by atoms with Gasteiger partial charge < -0.3 is 15.2 Å². The standard InChI is InChI=1S/C13H20N2O4S/c1-5-6-13(3,12(17)18)15-11(16)10-8(2)14-9(20-10)7-19-4/h5-7H2,1-4H3,(H,15,16)(H,17,18). The molecule has 1 amide bonds. The van der Waals surface area contributed by atoms with Gasteiger partial charge in [0.25, 0.3) is 5.91 Å². The Labute approximate surface area is 122 Å². The van der Waals surface area contributed by atoms with E-state index in [9.17, 15) is 14.7 Å². The van der Waals surface area contributed by atoms with Crippen molar-refractivity contribution >= 4 is 23.2 Å². The van der Waals surface area contributed by atoms with Crippen molar-refractivity contribution in [3.05, 3.63) is 15.6 Å². The highest BCUT2D eigenvalue weighted by Crippen LogP contribution is 2.21. The predicted molar refractivity (Wildman–Crippen MR) is 76.0 cm³/mol. The Balaban J connectivity index is 2.92. The summed E-state index contributed by atoms with van der Waals surface area (Å²) >= 11 is 1.22. The van der Waals surface area contributed by atoms with Crippen LogP contribution in [0.4, 0.5) is 0 Å². The van der Waals surface area contributed by atoms with Gasteiger partial charge in [-0.25, -0.2) is 9.78 Å². The molecule has 0 aliphatic rings. The number of carboxylic acids is 1. The lowest BCUT2D eigenvalue weighted by molar-refractivity contribution is -0.144. The zero-order valence-electron chi connectivity index (χ0n) is 12.1. The molecule has 1 aromatic heterocycles. The minimum Gasteiger partial charge on any atom is -0.480 e. The fourth-order valence-electron chi connectivity index (χ4n) is 1.88. The number of carbonyl (C=O) groups is 2. The van der Waals surface area contributed by atoms with Gasteiger partial charge in [-0.15, -0.1) is 11.3 Å². The van der Waals surface area contributed by atoms with E-state index in [0.29, 0.717) is 35.0 Å². The Morgan fingerprint density at radius 1 is 1.50 bits per heavy atom. The molecule has 0 aliphatic heterocycles. The predicted octanol–water partition coefficient (Wildman–Crippen LogP) is 1.97. The van der Waals surface area contributed by atoms with Gasteiger partial charge in [0.05, 0.1) is 12.3 Å². The smallest absolute Gasteiger partial charge is 0.329 e. The molecule has 20 heavy (non-hydrogen) atoms. The number of aryl methyl sites for hydroxylation is 1. The fourth-order valence-corrected chi connectivity index (χ4v) is 2.81. The summed E-state index contributed by atoms with van der Waals surface area (Å²) in [6.07, 6.45) is 1.04. The van der Waals surface area contributed by atoms with Gasteiger partial charge in [0.2, 0.25) is 0 Å². The molecule has 1 rings (SSSR count). The van der Waals surface area contributed by atoms with Crippen molar-refractivity contribution in [2.75, 3.05) is 7.11 Å². The van der Waals surface area contributed by atoms with Crippen LogP contribution in [0.2, 0.25) is 0 Å². The van der Waals surface area contributed by atoms with E-state index in [1.54, 1.807) is 14.0 Å². The van der Waals surface area contributed by atoms with Gasteiger partial charge in [0.15, 0.2) is 0 Å². The molecule has 0 spiro atoms. The number of methoxy groups -OCH3 is 1. The van der Waals surface area contributed by atoms with Gasteiger partial charge in [0.1, 0.15) is 15.4 Å². The number of amides is 1. The van der Waals surface area contributed by atoms with E-state index in [-0.39, 0.29) is 0 Å². The molecular formula is C13H20N2O4S. The maximum Gasteiger partial charge on any atom is 0.329 e. The first-order valence-electron chi connectivity index (χ1n) is 6.35. The van der Waals surface area contributed by atoms with Gasteiger partial charge in [-0.3, -0.25) is 4.79 Å². The number of hydrogen-bond donors (Lipinski definition) is 2. The molecule has 7 heteroatoms. The highest BCUT2D eigenvalue weighted by Gasteiger charge is 2.34. The summed E-state index contributed by atoms with van der Waals surface area (Å²) in [5, 5.41) is 12.6. The summed E-state index contributed by atoms with van der Waals surface area (Å²) in [6.45, 7) is 5.46. The average Bonchev–Trinajstić information content (AvgIpc) is 2.71. The second-order valence-corrected chi connectivity index (χ2v) is 5.88. The SMILES string of the molecule is CCCC(C)(NC(=O)c1sc(COC)nc1C)C(=O)O. The number of carboxylic acid groups (broad SMARTS) is 1. The molecule has 0 radical (unpaired) electrons. The van der Waals surface area contributed by atoms with Crippen molar-refractivity contribution < 1.29 is 19.4 Å². The van der Waals surface area contributed by atoms with Crippen LogP contribution >= 0.6 is 11.3 Å². The Bertz CT molecular complexity index is 501. The third-order valence-corrected chi connectivity index (χ3v) is 4.06. The number of nitrogens with one attached hydrogen (secondary N) is 1. The van der Waals surface area contributed by atoms with Crippen LogP contribution in [0.25, 0.3) is 0 Å². The van der Waals surface area contributed by atoms with Gasteiger partial charge in [0, 0.05) is 7.11 Å². The summed E-state index contributed by atoms with van der Waals surface area (Å²) < 4.78 is 4.98. The van der Waals surface area contributed by atoms with E-state index < -0.39 is 17.4 Å². The molecule has 0 bridgehead atoms. The maximum absolute atomic E-state index is 12.2. The number of nitrogens with zero attached hydrogens (tertiary/aromatic N) is 1. The number of hydrogen-bond acceptors (Lipinski definition) is 5. The zero-order valence-corrected chi connectivity index (χ0v) is 13.0. The van der Waals surface area contributed by atoms with Crippen LogP contribution in [0, 0.1) is 6.92 Å². The van der Waals surface area contributed by atoms with Crippen LogP contribution in [0.3, 0.4) is 0 Å². The molecule has 1 heterocycles. The first-order chi connectivity index (χ1) is 9.34. The summed E-state index contributed by atoms with van der Waals surface area (Å²) in [4.78, 5) is 28.2. The van der Waals surface area contributed by atoms with Gasteiger partial charge in [-0.1, -0.05) is 13.3 Å². The van der Waals surface area contributed by atoms with Crippen LogP contribution < -0.4 is 5.32 Å². The topological polar surface area (TPSA) is 88.5 Å². The van der Waals surface area contributed by atoms with Gasteiger partial charge >= 0.3 is 5.97 Å². The maximum atomic E-state index is 12.2. The van der Waals surface area contributed by atoms with Gasteiger partial charge in [-0.05, 0) is 20.3 Å². The normalized spacial score (nSPS) is 13.8. The second-order valence-electron chi connectivity index (χ2n) is 4.80. The summed E-state index contributed by atoms with van der Waals surface area (Å²) in [7, 11) is 1.55. The minimum atomic E-state index is -1.26. The fraction of sp³-hybridized carbons (Fsp3) is 0.615. The van der Waals surface area contributed by atoms with Crippen molar-refractivity contribution in [3.63, 3.8) is 0 Å². The van der Waals surface area contributed by atoms with Crippen LogP contribution in [0.15, 0.2) is 0 Å². The molecule has 2 N–H and O–H groups in total. The molecule has 0 aliphatic carbocycles. The van der Waals surface area contributed by atoms with Crippen LogP contribution in [-0.4, -0.2) is 34.6 Å². The molecule has 0 fully saturated rings. The number of carbonyl (C=O) groups excluding carboxylic acids is 1. The lowest BCUT2D eigenvalue weighted by Gasteiger charge is -2.25. The lowest BCUT2D eigenvalue weighted by atomic mass is 9.96. The first kappa shape index (κ1) is 16.6. The monoisotopic (exact) mass is 300 g/mol. The summed E-state index contributed by atoms with van der Waals surface area (Å²) in [5.41, 5.74) is -0.673. The van der Waals surface area contributed by atoms with E-state index in [0.717, 1.165) is 0 Å². The Morgan fingerprint density at radius 3 is 2.65 bits per heavy atom. The number of thiazole rings is 1. The lowest BCUT2D eigenvalue weighted by Crippen LogP contribution is -2.52. The van der Waals surface area contributed by atoms with Crippen molar-refractivity contribution in [2.45, 2.75) is 45.8 Å². The van der Waals surface area contributed by atoms with Crippen molar-refractivity contribution in [1.29, 1.82) is 0 Å². The molecule has 0 aromatic carbocycles. The summed E-state index contributed by atoms with van der Waals surface area (Å²) in [6, 6.07) is 0. The highest BCUT2D eigenvalue weighted by molar-refractivity contribution is 7.13. The van der Waals surface area contributed by atoms with E-state index in [2.05, 4.69) is 10.3 Å². The van der Waals surface area contributed by atoms with Crippen LogP contribution in [0.1, 0.15) is 47.1 Å². The number of ether oxygens (including phenoxy) is 1. The van der Waals surface area contributed by atoms with Gasteiger partial charge in [-0.2, -0.15) is 0 Å². The Hall–Kier alpha value is -1.47. The van der Waals surface area contributed by atoms with E-state index in [1.165, 1.54) is 18.3 Å². The van der Waals surface area contributed by atoms with E-state index in [4.69, 9.17) is 4.74 Å². The third kappa shape index (κ3) is 3.77. The van der Waals surface area contributed by atoms with Crippen molar-refractivity contribution in [3.8, 4) is 0 Å². The molecular weight excluding hydrogens is 280 g/mol. The molecule has 112 valence electrons. The van der Waals surface area contributed by atoms with E-state index >= 15 is 0 Å². The zero-order chi connectivity index (χ0) is 15.3. The van der Waals surface area contributed by atoms with E-state index in [1.807, 2.05) is 6.92 Å². The Kier molecular flexibility index (Phi) is 5.64. The molecule has 1 atom stereocenters. The van der Waals surface area contributed by atoms with Crippen molar-refractivity contribution in [1.82, 2.24) is 10.3 Å². The second kappa shape index (κ2) is 6.81. The largest absolute Gasteiger partial charge is 0.480 e. The highest BCUT2D eigenvalue weighted by atomic mass is 32.1. The van der Waals surface area contributed by atoms with Crippen molar-refractivity contribution in [2.24, 2.45) is 0 Å². The molecule has 1 aromatic rings. The van der Waals surface area contributed by atoms with Crippen LogP contribution in [0.5, 0.6) is 0 Å².